The highest BCUT2D eigenvalue weighted by Crippen LogP contribution is 2.23. The van der Waals surface area contributed by atoms with Gasteiger partial charge in [-0.2, -0.15) is 4.98 Å². The minimum atomic E-state index is 0.140. The Balaban J connectivity index is 2.00. The number of nitrogens with zero attached hydrogens (tertiary/aromatic N) is 3. The Morgan fingerprint density at radius 3 is 2.68 bits per heavy atom. The predicted molar refractivity (Wildman–Crippen MR) is 99.7 cm³/mol. The predicted octanol–water partition coefficient (Wildman–Crippen LogP) is 4.35. The molecule has 0 aliphatic heterocycles. The smallest absolute Gasteiger partial charge is 0.240 e. The van der Waals surface area contributed by atoms with E-state index in [1.807, 2.05) is 12.1 Å². The van der Waals surface area contributed by atoms with Crippen LogP contribution in [0.4, 0.5) is 0 Å². The molecule has 1 aromatic carbocycles. The van der Waals surface area contributed by atoms with E-state index in [2.05, 4.69) is 28.9 Å². The van der Waals surface area contributed by atoms with Crippen LogP contribution in [-0.2, 0) is 19.5 Å². The van der Waals surface area contributed by atoms with Crippen LogP contribution >= 0.6 is 23.2 Å². The maximum atomic E-state index is 9.14. The van der Waals surface area contributed by atoms with Crippen molar-refractivity contribution < 1.29 is 9.63 Å². The van der Waals surface area contributed by atoms with Gasteiger partial charge in [-0.15, -0.1) is 0 Å². The summed E-state index contributed by atoms with van der Waals surface area (Å²) in [5.41, 5.74) is 1.05. The number of benzene rings is 1. The number of aliphatic hydroxyl groups is 1. The molecule has 5 nitrogen and oxygen atoms in total. The molecule has 0 saturated carbocycles. The highest BCUT2D eigenvalue weighted by molar-refractivity contribution is 6.42. The lowest BCUT2D eigenvalue weighted by atomic mass is 10.1. The van der Waals surface area contributed by atoms with E-state index in [4.69, 9.17) is 32.8 Å². The third-order valence-electron chi connectivity index (χ3n) is 3.84. The fourth-order valence-electron chi connectivity index (χ4n) is 2.47. The number of aryl methyl sites for hydroxylation is 1. The van der Waals surface area contributed by atoms with Gasteiger partial charge in [-0.1, -0.05) is 48.3 Å². The summed E-state index contributed by atoms with van der Waals surface area (Å²) >= 11 is 12.1. The highest BCUT2D eigenvalue weighted by Gasteiger charge is 2.13. The van der Waals surface area contributed by atoms with Crippen molar-refractivity contribution in [3.8, 4) is 0 Å². The summed E-state index contributed by atoms with van der Waals surface area (Å²) < 4.78 is 5.38. The van der Waals surface area contributed by atoms with Crippen LogP contribution in [-0.4, -0.2) is 33.3 Å². The van der Waals surface area contributed by atoms with E-state index in [0.717, 1.165) is 30.8 Å². The first-order chi connectivity index (χ1) is 12.0. The van der Waals surface area contributed by atoms with Gasteiger partial charge in [0.2, 0.25) is 5.89 Å². The monoisotopic (exact) mass is 385 g/mol. The topological polar surface area (TPSA) is 62.4 Å². The second kappa shape index (κ2) is 10.1. The Kier molecular flexibility index (Phi) is 8.16. The van der Waals surface area contributed by atoms with Crippen LogP contribution in [0.1, 0.15) is 44.0 Å². The van der Waals surface area contributed by atoms with Crippen molar-refractivity contribution in [2.24, 2.45) is 5.92 Å². The molecule has 2 aromatic rings. The molecule has 0 saturated heterocycles. The first-order valence-corrected chi connectivity index (χ1v) is 9.32. The first kappa shape index (κ1) is 20.2. The van der Waals surface area contributed by atoms with Crippen molar-refractivity contribution >= 4 is 23.2 Å². The van der Waals surface area contributed by atoms with Gasteiger partial charge in [-0.3, -0.25) is 4.90 Å². The fraction of sp³-hybridized carbons (Fsp3) is 0.556. The lowest BCUT2D eigenvalue weighted by molar-refractivity contribution is 0.192. The van der Waals surface area contributed by atoms with Crippen LogP contribution in [0.5, 0.6) is 0 Å². The molecule has 0 aliphatic rings. The molecule has 0 amide bonds. The van der Waals surface area contributed by atoms with Gasteiger partial charge in [0.05, 0.1) is 16.6 Å². The third kappa shape index (κ3) is 6.94. The first-order valence-electron chi connectivity index (χ1n) is 8.56. The van der Waals surface area contributed by atoms with E-state index in [9.17, 15) is 0 Å². The molecule has 1 aromatic heterocycles. The van der Waals surface area contributed by atoms with Crippen LogP contribution in [0.25, 0.3) is 0 Å². The van der Waals surface area contributed by atoms with E-state index in [0.29, 0.717) is 41.4 Å². The van der Waals surface area contributed by atoms with Gasteiger partial charge >= 0.3 is 0 Å². The number of halogens is 2. The number of rotatable bonds is 10. The maximum Gasteiger partial charge on any atom is 0.240 e. The Morgan fingerprint density at radius 1 is 1.20 bits per heavy atom. The largest absolute Gasteiger partial charge is 0.396 e. The molecule has 0 atom stereocenters. The molecule has 0 spiro atoms. The lowest BCUT2D eigenvalue weighted by Gasteiger charge is -2.20. The molecule has 1 heterocycles. The zero-order valence-corrected chi connectivity index (χ0v) is 16.2. The summed E-state index contributed by atoms with van der Waals surface area (Å²) in [6.07, 6.45) is 2.54. The standard InChI is InChI=1S/C18H25Cl2N3O2/c1-13(2)4-7-17-21-18(25-22-17)12-23(8-3-9-24)11-14-5-6-15(19)16(20)10-14/h5-6,10,13,24H,3-4,7-9,11-12H2,1-2H3. The number of hydrogen-bond donors (Lipinski definition) is 1. The second-order valence-electron chi connectivity index (χ2n) is 6.57. The average Bonchev–Trinajstić information content (AvgIpc) is 3.01. The molecule has 2 rings (SSSR count). The van der Waals surface area contributed by atoms with Crippen molar-refractivity contribution in [1.29, 1.82) is 0 Å². The summed E-state index contributed by atoms with van der Waals surface area (Å²) in [6, 6.07) is 5.60. The van der Waals surface area contributed by atoms with Crippen LogP contribution in [0.2, 0.25) is 10.0 Å². The zero-order valence-electron chi connectivity index (χ0n) is 14.7. The number of aromatic nitrogens is 2. The van der Waals surface area contributed by atoms with E-state index in [-0.39, 0.29) is 6.61 Å². The van der Waals surface area contributed by atoms with Gasteiger partial charge in [0.1, 0.15) is 0 Å². The van der Waals surface area contributed by atoms with Gasteiger partial charge in [-0.05, 0) is 36.5 Å². The number of hydrogen-bond acceptors (Lipinski definition) is 5. The molecular weight excluding hydrogens is 361 g/mol. The Morgan fingerprint density at radius 2 is 2.00 bits per heavy atom. The van der Waals surface area contributed by atoms with Crippen LogP contribution < -0.4 is 0 Å². The van der Waals surface area contributed by atoms with Crippen molar-refractivity contribution in [3.63, 3.8) is 0 Å². The van der Waals surface area contributed by atoms with Gasteiger partial charge in [-0.25, -0.2) is 0 Å². The molecule has 0 radical (unpaired) electrons. The summed E-state index contributed by atoms with van der Waals surface area (Å²) in [5, 5.41) is 14.3. The molecule has 1 N–H and O–H groups in total. The fourth-order valence-corrected chi connectivity index (χ4v) is 2.79. The van der Waals surface area contributed by atoms with E-state index in [1.54, 1.807) is 6.07 Å². The Labute approximate surface area is 158 Å². The van der Waals surface area contributed by atoms with Crippen molar-refractivity contribution in [2.75, 3.05) is 13.2 Å². The van der Waals surface area contributed by atoms with Crippen molar-refractivity contribution in [2.45, 2.75) is 46.2 Å². The van der Waals surface area contributed by atoms with E-state index in [1.165, 1.54) is 0 Å². The van der Waals surface area contributed by atoms with Crippen LogP contribution in [0.3, 0.4) is 0 Å². The van der Waals surface area contributed by atoms with Gasteiger partial charge < -0.3 is 9.63 Å². The Bertz CT molecular complexity index is 662. The Hall–Kier alpha value is -1.14. The number of aliphatic hydroxyl groups excluding tert-OH is 1. The summed E-state index contributed by atoms with van der Waals surface area (Å²) in [6.45, 7) is 6.42. The summed E-state index contributed by atoms with van der Waals surface area (Å²) in [7, 11) is 0. The third-order valence-corrected chi connectivity index (χ3v) is 4.58. The molecule has 138 valence electrons. The summed E-state index contributed by atoms with van der Waals surface area (Å²) in [4.78, 5) is 6.62. The van der Waals surface area contributed by atoms with Gasteiger partial charge in [0.15, 0.2) is 5.82 Å². The zero-order chi connectivity index (χ0) is 18.2. The minimum absolute atomic E-state index is 0.140. The van der Waals surface area contributed by atoms with Crippen molar-refractivity contribution in [1.82, 2.24) is 15.0 Å². The van der Waals surface area contributed by atoms with Gasteiger partial charge in [0, 0.05) is 26.1 Å². The van der Waals surface area contributed by atoms with E-state index >= 15 is 0 Å². The normalized spacial score (nSPS) is 11.6. The molecule has 0 unspecified atom stereocenters. The SMILES string of the molecule is CC(C)CCc1noc(CN(CCCO)Cc2ccc(Cl)c(Cl)c2)n1. The highest BCUT2D eigenvalue weighted by atomic mass is 35.5. The maximum absolute atomic E-state index is 9.14. The molecule has 25 heavy (non-hydrogen) atoms. The van der Waals surface area contributed by atoms with Crippen LogP contribution in [0, 0.1) is 5.92 Å². The quantitative estimate of drug-likeness (QED) is 0.658. The molecule has 0 bridgehead atoms. The molecule has 7 heteroatoms. The average molecular weight is 386 g/mol. The summed E-state index contributed by atoms with van der Waals surface area (Å²) in [5.74, 6) is 1.95. The van der Waals surface area contributed by atoms with Gasteiger partial charge in [0.25, 0.3) is 0 Å². The molecular formula is C18H25Cl2N3O2. The minimum Gasteiger partial charge on any atom is -0.396 e. The lowest BCUT2D eigenvalue weighted by Crippen LogP contribution is -2.25. The van der Waals surface area contributed by atoms with Crippen LogP contribution in [0.15, 0.2) is 22.7 Å². The molecule has 0 fully saturated rings. The molecule has 0 aliphatic carbocycles. The second-order valence-corrected chi connectivity index (χ2v) is 7.39. The van der Waals surface area contributed by atoms with E-state index < -0.39 is 0 Å². The van der Waals surface area contributed by atoms with Crippen molar-refractivity contribution in [3.05, 3.63) is 45.5 Å².